The number of carbonyl (C=O) groups is 2. The zero-order valence-electron chi connectivity index (χ0n) is 12.2. The van der Waals surface area contributed by atoms with Gasteiger partial charge in [-0.25, -0.2) is 0 Å². The maximum absolute atomic E-state index is 12.6. The molecule has 1 aliphatic rings. The Morgan fingerprint density at radius 1 is 1.38 bits per heavy atom. The first-order chi connectivity index (χ1) is 9.74. The average Bonchev–Trinajstić information content (AvgIpc) is 2.41. The Balaban J connectivity index is 2.73. The van der Waals surface area contributed by atoms with Crippen LogP contribution >= 0.6 is 0 Å². The summed E-state index contributed by atoms with van der Waals surface area (Å²) in [5, 5.41) is 2.96. The number of halogens is 3. The van der Waals surface area contributed by atoms with Gasteiger partial charge < -0.3 is 15.0 Å². The van der Waals surface area contributed by atoms with Crippen LogP contribution in [0, 0.1) is 5.92 Å². The third-order valence-electron chi connectivity index (χ3n) is 3.53. The number of hydrogen-bond acceptors (Lipinski definition) is 4. The SMILES string of the molecule is COC(=O)CCN(CC(F)(F)F)C(=O)C1NCCCC1C. The molecule has 0 radical (unpaired) electrons. The summed E-state index contributed by atoms with van der Waals surface area (Å²) in [4.78, 5) is 24.1. The molecule has 0 aliphatic carbocycles. The highest BCUT2D eigenvalue weighted by atomic mass is 19.4. The number of nitrogens with one attached hydrogen (secondary N) is 1. The first-order valence-electron chi connectivity index (χ1n) is 6.90. The van der Waals surface area contributed by atoms with Gasteiger partial charge in [-0.05, 0) is 25.3 Å². The van der Waals surface area contributed by atoms with Gasteiger partial charge in [-0.3, -0.25) is 9.59 Å². The molecule has 0 saturated carbocycles. The van der Waals surface area contributed by atoms with Crippen LogP contribution in [0.2, 0.25) is 0 Å². The summed E-state index contributed by atoms with van der Waals surface area (Å²) in [5.74, 6) is -1.27. The van der Waals surface area contributed by atoms with Gasteiger partial charge in [0.05, 0.1) is 19.6 Å². The van der Waals surface area contributed by atoms with Crippen LogP contribution < -0.4 is 5.32 Å². The monoisotopic (exact) mass is 310 g/mol. The van der Waals surface area contributed by atoms with Crippen molar-refractivity contribution in [3.05, 3.63) is 0 Å². The van der Waals surface area contributed by atoms with Gasteiger partial charge in [0.1, 0.15) is 6.54 Å². The molecule has 1 saturated heterocycles. The van der Waals surface area contributed by atoms with E-state index < -0.39 is 30.6 Å². The predicted octanol–water partition coefficient (Wildman–Crippen LogP) is 1.33. The largest absolute Gasteiger partial charge is 0.469 e. The second-order valence-electron chi connectivity index (χ2n) is 5.25. The number of alkyl halides is 3. The number of carbonyl (C=O) groups excluding carboxylic acids is 2. The molecule has 1 rings (SSSR count). The van der Waals surface area contributed by atoms with E-state index in [4.69, 9.17) is 0 Å². The molecule has 0 aromatic rings. The number of ether oxygens (including phenoxy) is 1. The van der Waals surface area contributed by atoms with E-state index in [1.807, 2.05) is 6.92 Å². The topological polar surface area (TPSA) is 58.6 Å². The summed E-state index contributed by atoms with van der Waals surface area (Å²) in [6, 6.07) is -0.626. The molecule has 1 aliphatic heterocycles. The van der Waals surface area contributed by atoms with E-state index in [9.17, 15) is 22.8 Å². The Kier molecular flexibility index (Phi) is 6.44. The second-order valence-corrected chi connectivity index (χ2v) is 5.25. The normalized spacial score (nSPS) is 22.7. The fourth-order valence-electron chi connectivity index (χ4n) is 2.39. The Labute approximate surface area is 121 Å². The van der Waals surface area contributed by atoms with Crippen LogP contribution in [-0.2, 0) is 14.3 Å². The van der Waals surface area contributed by atoms with Crippen LogP contribution in [-0.4, -0.2) is 55.7 Å². The van der Waals surface area contributed by atoms with Crippen LogP contribution in [0.3, 0.4) is 0 Å². The van der Waals surface area contributed by atoms with E-state index >= 15 is 0 Å². The summed E-state index contributed by atoms with van der Waals surface area (Å²) in [5.41, 5.74) is 0. The minimum atomic E-state index is -4.50. The molecule has 0 bridgehead atoms. The van der Waals surface area contributed by atoms with Gasteiger partial charge in [-0.2, -0.15) is 13.2 Å². The Hall–Kier alpha value is -1.31. The first kappa shape index (κ1) is 17.7. The molecule has 0 aromatic carbocycles. The number of piperidine rings is 1. The Morgan fingerprint density at radius 2 is 2.05 bits per heavy atom. The molecule has 2 atom stereocenters. The van der Waals surface area contributed by atoms with E-state index in [-0.39, 0.29) is 18.9 Å². The fraction of sp³-hybridized carbons (Fsp3) is 0.846. The van der Waals surface area contributed by atoms with Crippen molar-refractivity contribution in [2.75, 3.05) is 26.7 Å². The highest BCUT2D eigenvalue weighted by Crippen LogP contribution is 2.21. The minimum absolute atomic E-state index is 0.0277. The average molecular weight is 310 g/mol. The zero-order chi connectivity index (χ0) is 16.0. The molecule has 0 aromatic heterocycles. The van der Waals surface area contributed by atoms with Crippen molar-refractivity contribution in [1.82, 2.24) is 10.2 Å². The standard InChI is InChI=1S/C13H21F3N2O3/c1-9-4-3-6-17-11(9)12(20)18(8-13(14,15)16)7-5-10(19)21-2/h9,11,17H,3-8H2,1-2H3. The zero-order valence-corrected chi connectivity index (χ0v) is 12.2. The third-order valence-corrected chi connectivity index (χ3v) is 3.53. The molecule has 1 fully saturated rings. The molecule has 2 unspecified atom stereocenters. The van der Waals surface area contributed by atoms with E-state index in [0.29, 0.717) is 11.4 Å². The molecule has 1 heterocycles. The number of amides is 1. The smallest absolute Gasteiger partial charge is 0.406 e. The summed E-state index contributed by atoms with van der Waals surface area (Å²) in [6.07, 6.45) is -3.06. The van der Waals surface area contributed by atoms with E-state index in [2.05, 4.69) is 10.1 Å². The van der Waals surface area contributed by atoms with Crippen LogP contribution in [0.5, 0.6) is 0 Å². The maximum atomic E-state index is 12.6. The van der Waals surface area contributed by atoms with Crippen molar-refractivity contribution in [2.45, 2.75) is 38.4 Å². The lowest BCUT2D eigenvalue weighted by molar-refractivity contribution is -0.165. The number of nitrogens with zero attached hydrogens (tertiary/aromatic N) is 1. The van der Waals surface area contributed by atoms with Crippen molar-refractivity contribution in [2.24, 2.45) is 5.92 Å². The Bertz CT molecular complexity index is 374. The highest BCUT2D eigenvalue weighted by Gasteiger charge is 2.37. The Morgan fingerprint density at radius 3 is 2.57 bits per heavy atom. The number of methoxy groups -OCH3 is 1. The van der Waals surface area contributed by atoms with Crippen LogP contribution in [0.1, 0.15) is 26.2 Å². The van der Waals surface area contributed by atoms with Crippen molar-refractivity contribution in [1.29, 1.82) is 0 Å². The summed E-state index contributed by atoms with van der Waals surface area (Å²) in [6.45, 7) is 0.794. The molecule has 8 heteroatoms. The van der Waals surface area contributed by atoms with Crippen LogP contribution in [0.25, 0.3) is 0 Å². The summed E-state index contributed by atoms with van der Waals surface area (Å²) < 4.78 is 42.2. The molecule has 1 amide bonds. The van der Waals surface area contributed by atoms with Crippen molar-refractivity contribution in [3.63, 3.8) is 0 Å². The number of hydrogen-bond donors (Lipinski definition) is 1. The number of esters is 1. The lowest BCUT2D eigenvalue weighted by atomic mass is 9.91. The van der Waals surface area contributed by atoms with Crippen molar-refractivity contribution < 1.29 is 27.5 Å². The first-order valence-corrected chi connectivity index (χ1v) is 6.90. The van der Waals surface area contributed by atoms with Crippen molar-refractivity contribution in [3.8, 4) is 0 Å². The number of rotatable bonds is 5. The highest BCUT2D eigenvalue weighted by molar-refractivity contribution is 5.83. The van der Waals surface area contributed by atoms with Gasteiger partial charge in [-0.1, -0.05) is 6.92 Å². The molecule has 1 N–H and O–H groups in total. The third kappa shape index (κ3) is 5.91. The van der Waals surface area contributed by atoms with E-state index in [0.717, 1.165) is 20.0 Å². The van der Waals surface area contributed by atoms with Crippen molar-refractivity contribution >= 4 is 11.9 Å². The molecule has 5 nitrogen and oxygen atoms in total. The van der Waals surface area contributed by atoms with Gasteiger partial charge >= 0.3 is 12.1 Å². The molecule has 122 valence electrons. The maximum Gasteiger partial charge on any atom is 0.406 e. The summed E-state index contributed by atoms with van der Waals surface area (Å²) in [7, 11) is 1.16. The quantitative estimate of drug-likeness (QED) is 0.778. The van der Waals surface area contributed by atoms with Gasteiger partial charge in [-0.15, -0.1) is 0 Å². The predicted molar refractivity (Wildman–Crippen MR) is 69.5 cm³/mol. The minimum Gasteiger partial charge on any atom is -0.469 e. The van der Waals surface area contributed by atoms with Crippen LogP contribution in [0.4, 0.5) is 13.2 Å². The summed E-state index contributed by atoms with van der Waals surface area (Å²) >= 11 is 0. The van der Waals surface area contributed by atoms with Gasteiger partial charge in [0.2, 0.25) is 5.91 Å². The van der Waals surface area contributed by atoms with E-state index in [1.165, 1.54) is 0 Å². The molecule has 0 spiro atoms. The molecule has 21 heavy (non-hydrogen) atoms. The molecular weight excluding hydrogens is 289 g/mol. The van der Waals surface area contributed by atoms with Gasteiger partial charge in [0.25, 0.3) is 0 Å². The van der Waals surface area contributed by atoms with Gasteiger partial charge in [0, 0.05) is 6.54 Å². The van der Waals surface area contributed by atoms with E-state index in [1.54, 1.807) is 0 Å². The molecular formula is C13H21F3N2O3. The fourth-order valence-corrected chi connectivity index (χ4v) is 2.39. The second kappa shape index (κ2) is 7.63. The lowest BCUT2D eigenvalue weighted by Gasteiger charge is -2.34. The van der Waals surface area contributed by atoms with Crippen LogP contribution in [0.15, 0.2) is 0 Å². The lowest BCUT2D eigenvalue weighted by Crippen LogP contribution is -2.54. The van der Waals surface area contributed by atoms with Gasteiger partial charge in [0.15, 0.2) is 0 Å².